The van der Waals surface area contributed by atoms with Gasteiger partial charge >= 0.3 is 0 Å². The Labute approximate surface area is 122 Å². The van der Waals surface area contributed by atoms with Gasteiger partial charge in [-0.2, -0.15) is 0 Å². The maximum absolute atomic E-state index is 5.77. The molecule has 0 aliphatic heterocycles. The molecule has 3 aromatic rings. The molecule has 3 nitrogen and oxygen atoms in total. The van der Waals surface area contributed by atoms with Gasteiger partial charge in [0.25, 0.3) is 0 Å². The summed E-state index contributed by atoms with van der Waals surface area (Å²) in [5.74, 6) is 1.19. The largest absolute Gasteiger partial charge is 0.350 e. The molecule has 0 radical (unpaired) electrons. The van der Waals surface area contributed by atoms with E-state index in [-0.39, 0.29) is 0 Å². The monoisotopic (exact) mass is 283 g/mol. The van der Waals surface area contributed by atoms with E-state index in [4.69, 9.17) is 11.6 Å². The summed E-state index contributed by atoms with van der Waals surface area (Å²) in [5.41, 5.74) is 3.25. The minimum absolute atomic E-state index is 0.543. The molecule has 0 saturated heterocycles. The maximum Gasteiger partial charge on any atom is 0.223 e. The number of anilines is 1. The van der Waals surface area contributed by atoms with Gasteiger partial charge in [0.05, 0.1) is 5.52 Å². The molecular weight excluding hydrogens is 270 g/mol. The Balaban J connectivity index is 1.72. The Kier molecular flexibility index (Phi) is 3.79. The molecule has 3 rings (SSSR count). The number of para-hydroxylation sites is 1. The molecule has 0 bridgehead atoms. The van der Waals surface area contributed by atoms with Crippen molar-refractivity contribution < 1.29 is 0 Å². The van der Waals surface area contributed by atoms with Gasteiger partial charge in [-0.05, 0) is 17.2 Å². The van der Waals surface area contributed by atoms with Crippen LogP contribution in [0, 0.1) is 0 Å². The van der Waals surface area contributed by atoms with Gasteiger partial charge in [-0.15, -0.1) is 11.6 Å². The van der Waals surface area contributed by atoms with Crippen LogP contribution in [0.15, 0.2) is 54.7 Å². The van der Waals surface area contributed by atoms with Crippen molar-refractivity contribution in [1.82, 2.24) is 9.97 Å². The molecular formula is C16H14ClN3. The van der Waals surface area contributed by atoms with E-state index < -0.39 is 0 Å². The smallest absolute Gasteiger partial charge is 0.223 e. The lowest BCUT2D eigenvalue weighted by atomic mass is 10.1. The molecule has 4 heteroatoms. The highest BCUT2D eigenvalue weighted by atomic mass is 35.5. The van der Waals surface area contributed by atoms with Gasteiger partial charge in [-0.3, -0.25) is 0 Å². The van der Waals surface area contributed by atoms with E-state index in [9.17, 15) is 0 Å². The first-order valence-corrected chi connectivity index (χ1v) is 6.98. The SMILES string of the molecule is ClCc1ccc(CNc2ncc3ccccc3n2)cc1. The summed E-state index contributed by atoms with van der Waals surface area (Å²) in [6.07, 6.45) is 1.83. The normalized spacial score (nSPS) is 10.7. The van der Waals surface area contributed by atoms with Crippen molar-refractivity contribution >= 4 is 28.5 Å². The molecule has 2 aromatic carbocycles. The second-order valence-electron chi connectivity index (χ2n) is 4.56. The average Bonchev–Trinajstić information content (AvgIpc) is 2.53. The molecule has 0 saturated carbocycles. The van der Waals surface area contributed by atoms with E-state index in [2.05, 4.69) is 27.4 Å². The minimum Gasteiger partial charge on any atom is -0.350 e. The van der Waals surface area contributed by atoms with Crippen LogP contribution < -0.4 is 5.32 Å². The van der Waals surface area contributed by atoms with Gasteiger partial charge in [0.2, 0.25) is 5.95 Å². The molecule has 0 aliphatic rings. The van der Waals surface area contributed by atoms with Crippen molar-refractivity contribution in [2.75, 3.05) is 5.32 Å². The molecule has 0 aliphatic carbocycles. The summed E-state index contributed by atoms with van der Waals surface area (Å²) < 4.78 is 0. The fourth-order valence-electron chi connectivity index (χ4n) is 1.98. The molecule has 1 N–H and O–H groups in total. The molecule has 20 heavy (non-hydrogen) atoms. The number of hydrogen-bond acceptors (Lipinski definition) is 3. The van der Waals surface area contributed by atoms with Gasteiger partial charge in [0.15, 0.2) is 0 Å². The van der Waals surface area contributed by atoms with Gasteiger partial charge in [-0.1, -0.05) is 42.5 Å². The van der Waals surface area contributed by atoms with E-state index in [1.165, 1.54) is 5.56 Å². The summed E-state index contributed by atoms with van der Waals surface area (Å²) in [5, 5.41) is 4.28. The Morgan fingerprint density at radius 1 is 0.950 bits per heavy atom. The van der Waals surface area contributed by atoms with Crippen LogP contribution in [0.2, 0.25) is 0 Å². The van der Waals surface area contributed by atoms with Crippen molar-refractivity contribution in [3.8, 4) is 0 Å². The molecule has 0 fully saturated rings. The molecule has 0 amide bonds. The highest BCUT2D eigenvalue weighted by molar-refractivity contribution is 6.17. The Hall–Kier alpha value is -2.13. The first kappa shape index (κ1) is 12.9. The van der Waals surface area contributed by atoms with E-state index in [0.29, 0.717) is 18.4 Å². The van der Waals surface area contributed by atoms with Crippen molar-refractivity contribution in [3.05, 3.63) is 65.9 Å². The lowest BCUT2D eigenvalue weighted by Gasteiger charge is -2.06. The fourth-order valence-corrected chi connectivity index (χ4v) is 2.16. The zero-order valence-electron chi connectivity index (χ0n) is 10.9. The number of hydrogen-bond donors (Lipinski definition) is 1. The second kappa shape index (κ2) is 5.88. The topological polar surface area (TPSA) is 37.8 Å². The molecule has 0 unspecified atom stereocenters. The maximum atomic E-state index is 5.77. The Morgan fingerprint density at radius 3 is 2.50 bits per heavy atom. The lowest BCUT2D eigenvalue weighted by molar-refractivity contribution is 1.07. The third kappa shape index (κ3) is 2.89. The predicted octanol–water partition coefficient (Wildman–Crippen LogP) is 3.98. The molecule has 0 atom stereocenters. The second-order valence-corrected chi connectivity index (χ2v) is 4.82. The number of halogens is 1. The first-order valence-electron chi connectivity index (χ1n) is 6.44. The Morgan fingerprint density at radius 2 is 1.70 bits per heavy atom. The number of alkyl halides is 1. The molecule has 0 spiro atoms. The number of aromatic nitrogens is 2. The van der Waals surface area contributed by atoms with Crippen molar-refractivity contribution in [2.45, 2.75) is 12.4 Å². The van der Waals surface area contributed by atoms with Gasteiger partial charge in [-0.25, -0.2) is 9.97 Å². The number of benzene rings is 2. The van der Waals surface area contributed by atoms with Gasteiger partial charge in [0.1, 0.15) is 0 Å². The van der Waals surface area contributed by atoms with Gasteiger partial charge < -0.3 is 5.32 Å². The quantitative estimate of drug-likeness (QED) is 0.736. The highest BCUT2D eigenvalue weighted by Gasteiger charge is 1.99. The summed E-state index contributed by atoms with van der Waals surface area (Å²) in [6.45, 7) is 0.695. The molecule has 1 heterocycles. The molecule has 1 aromatic heterocycles. The zero-order valence-corrected chi connectivity index (χ0v) is 11.6. The van der Waals surface area contributed by atoms with Crippen LogP contribution >= 0.6 is 11.6 Å². The average molecular weight is 284 g/mol. The summed E-state index contributed by atoms with van der Waals surface area (Å²) in [7, 11) is 0. The Bertz CT molecular complexity index is 710. The molecule has 100 valence electrons. The minimum atomic E-state index is 0.543. The van der Waals surface area contributed by atoms with E-state index >= 15 is 0 Å². The summed E-state index contributed by atoms with van der Waals surface area (Å²) in [6, 6.07) is 16.1. The van der Waals surface area contributed by atoms with Crippen LogP contribution in [0.1, 0.15) is 11.1 Å². The predicted molar refractivity (Wildman–Crippen MR) is 82.9 cm³/mol. The number of nitrogens with zero attached hydrogens (tertiary/aromatic N) is 2. The zero-order chi connectivity index (χ0) is 13.8. The standard InChI is InChI=1S/C16H14ClN3/c17-9-12-5-7-13(8-6-12)10-18-16-19-11-14-3-1-2-4-15(14)20-16/h1-8,11H,9-10H2,(H,18,19,20). The van der Waals surface area contributed by atoms with E-state index in [1.54, 1.807) is 0 Å². The lowest BCUT2D eigenvalue weighted by Crippen LogP contribution is -2.03. The third-order valence-corrected chi connectivity index (χ3v) is 3.43. The van der Waals surface area contributed by atoms with Gasteiger partial charge in [0, 0.05) is 24.0 Å². The van der Waals surface area contributed by atoms with Crippen LogP contribution in [-0.4, -0.2) is 9.97 Å². The van der Waals surface area contributed by atoms with Crippen LogP contribution in [0.25, 0.3) is 10.9 Å². The number of fused-ring (bicyclic) bond motifs is 1. The first-order chi connectivity index (χ1) is 9.85. The number of rotatable bonds is 4. The van der Waals surface area contributed by atoms with E-state index in [1.807, 2.05) is 42.6 Å². The van der Waals surface area contributed by atoms with Crippen LogP contribution in [0.3, 0.4) is 0 Å². The van der Waals surface area contributed by atoms with Crippen LogP contribution in [-0.2, 0) is 12.4 Å². The van der Waals surface area contributed by atoms with Crippen LogP contribution in [0.5, 0.6) is 0 Å². The number of nitrogens with one attached hydrogen (secondary N) is 1. The van der Waals surface area contributed by atoms with Crippen molar-refractivity contribution in [3.63, 3.8) is 0 Å². The van der Waals surface area contributed by atoms with E-state index in [0.717, 1.165) is 16.5 Å². The summed E-state index contributed by atoms with van der Waals surface area (Å²) in [4.78, 5) is 8.79. The van der Waals surface area contributed by atoms with Crippen molar-refractivity contribution in [2.24, 2.45) is 0 Å². The third-order valence-electron chi connectivity index (χ3n) is 3.12. The summed E-state index contributed by atoms with van der Waals surface area (Å²) >= 11 is 5.77. The van der Waals surface area contributed by atoms with Crippen LogP contribution in [0.4, 0.5) is 5.95 Å². The highest BCUT2D eigenvalue weighted by Crippen LogP contribution is 2.13. The van der Waals surface area contributed by atoms with Crippen molar-refractivity contribution in [1.29, 1.82) is 0 Å². The fraction of sp³-hybridized carbons (Fsp3) is 0.125.